The standard InChI is InChI=1S/C13H15NS2/c1-8-5-6-15-13(8)12(14)11-7-9-3-2-4-10(9)16-11/h5-7,12H,2-4,14H2,1H3. The van der Waals surface area contributed by atoms with Gasteiger partial charge in [-0.3, -0.25) is 0 Å². The highest BCUT2D eigenvalue weighted by Crippen LogP contribution is 2.37. The minimum atomic E-state index is 0.0931. The van der Waals surface area contributed by atoms with Crippen LogP contribution in [0.2, 0.25) is 0 Å². The van der Waals surface area contributed by atoms with E-state index in [0.717, 1.165) is 0 Å². The van der Waals surface area contributed by atoms with Gasteiger partial charge in [-0.25, -0.2) is 0 Å². The van der Waals surface area contributed by atoms with E-state index in [0.29, 0.717) is 0 Å². The zero-order valence-electron chi connectivity index (χ0n) is 9.32. The van der Waals surface area contributed by atoms with Gasteiger partial charge in [0.25, 0.3) is 0 Å². The van der Waals surface area contributed by atoms with Crippen LogP contribution < -0.4 is 5.73 Å². The van der Waals surface area contributed by atoms with Crippen molar-refractivity contribution in [3.8, 4) is 0 Å². The molecule has 1 unspecified atom stereocenters. The summed E-state index contributed by atoms with van der Waals surface area (Å²) in [6, 6.07) is 4.58. The summed E-state index contributed by atoms with van der Waals surface area (Å²) in [5.74, 6) is 0. The highest BCUT2D eigenvalue weighted by Gasteiger charge is 2.20. The molecule has 2 aromatic heterocycles. The fourth-order valence-corrected chi connectivity index (χ4v) is 4.63. The van der Waals surface area contributed by atoms with E-state index in [1.54, 1.807) is 21.8 Å². The lowest BCUT2D eigenvalue weighted by atomic mass is 10.1. The van der Waals surface area contributed by atoms with Crippen molar-refractivity contribution in [2.24, 2.45) is 5.73 Å². The molecule has 0 fully saturated rings. The second-order valence-corrected chi connectivity index (χ2v) is 6.51. The number of aryl methyl sites for hydroxylation is 3. The molecular formula is C13H15NS2. The van der Waals surface area contributed by atoms with Crippen LogP contribution >= 0.6 is 22.7 Å². The molecule has 0 saturated carbocycles. The lowest BCUT2D eigenvalue weighted by Crippen LogP contribution is -2.09. The van der Waals surface area contributed by atoms with Gasteiger partial charge in [0.05, 0.1) is 6.04 Å². The molecule has 0 saturated heterocycles. The van der Waals surface area contributed by atoms with Crippen LogP contribution in [0.5, 0.6) is 0 Å². The molecule has 84 valence electrons. The van der Waals surface area contributed by atoms with Crippen LogP contribution in [0, 0.1) is 6.92 Å². The maximum atomic E-state index is 6.34. The number of nitrogens with two attached hydrogens (primary N) is 1. The first-order chi connectivity index (χ1) is 7.75. The van der Waals surface area contributed by atoms with Gasteiger partial charge in [0.15, 0.2) is 0 Å². The summed E-state index contributed by atoms with van der Waals surface area (Å²) in [6.45, 7) is 2.15. The predicted octanol–water partition coefficient (Wildman–Crippen LogP) is 3.65. The number of hydrogen-bond donors (Lipinski definition) is 1. The van der Waals surface area contributed by atoms with Crippen LogP contribution in [-0.2, 0) is 12.8 Å². The summed E-state index contributed by atoms with van der Waals surface area (Å²) in [6.07, 6.45) is 3.84. The molecule has 2 N–H and O–H groups in total. The van der Waals surface area contributed by atoms with Gasteiger partial charge in [0.2, 0.25) is 0 Å². The van der Waals surface area contributed by atoms with Gasteiger partial charge in [0, 0.05) is 14.6 Å². The Morgan fingerprint density at radius 3 is 2.94 bits per heavy atom. The van der Waals surface area contributed by atoms with Crippen molar-refractivity contribution < 1.29 is 0 Å². The van der Waals surface area contributed by atoms with E-state index in [1.165, 1.54) is 34.6 Å². The van der Waals surface area contributed by atoms with Crippen molar-refractivity contribution in [2.45, 2.75) is 32.2 Å². The zero-order chi connectivity index (χ0) is 11.1. The van der Waals surface area contributed by atoms with Gasteiger partial charge in [-0.15, -0.1) is 22.7 Å². The number of rotatable bonds is 2. The fourth-order valence-electron chi connectivity index (χ4n) is 2.34. The summed E-state index contributed by atoms with van der Waals surface area (Å²) < 4.78 is 0. The van der Waals surface area contributed by atoms with E-state index >= 15 is 0 Å². The second-order valence-electron chi connectivity index (χ2n) is 4.40. The van der Waals surface area contributed by atoms with Crippen molar-refractivity contribution in [2.75, 3.05) is 0 Å². The summed E-state index contributed by atoms with van der Waals surface area (Å²) >= 11 is 3.69. The molecule has 1 atom stereocenters. The van der Waals surface area contributed by atoms with Crippen molar-refractivity contribution >= 4 is 22.7 Å². The Hall–Kier alpha value is -0.640. The SMILES string of the molecule is Cc1ccsc1C(N)c1cc2c(s1)CCC2. The van der Waals surface area contributed by atoms with E-state index in [9.17, 15) is 0 Å². The first-order valence-electron chi connectivity index (χ1n) is 5.67. The molecule has 2 heterocycles. The summed E-state index contributed by atoms with van der Waals surface area (Å²) in [7, 11) is 0. The first-order valence-corrected chi connectivity index (χ1v) is 7.36. The minimum absolute atomic E-state index is 0.0931. The summed E-state index contributed by atoms with van der Waals surface area (Å²) in [5.41, 5.74) is 9.21. The van der Waals surface area contributed by atoms with E-state index in [-0.39, 0.29) is 6.04 Å². The van der Waals surface area contributed by atoms with Crippen LogP contribution in [0.1, 0.15) is 38.2 Å². The topological polar surface area (TPSA) is 26.0 Å². The zero-order valence-corrected chi connectivity index (χ0v) is 11.0. The third kappa shape index (κ3) is 1.63. The molecule has 0 spiro atoms. The average Bonchev–Trinajstić information content (AvgIpc) is 2.89. The molecule has 2 aromatic rings. The molecule has 1 aliphatic rings. The normalized spacial score (nSPS) is 16.4. The van der Waals surface area contributed by atoms with Crippen molar-refractivity contribution in [1.82, 2.24) is 0 Å². The second kappa shape index (κ2) is 3.99. The third-order valence-corrected chi connectivity index (χ3v) is 5.68. The molecule has 0 aromatic carbocycles. The Kier molecular flexibility index (Phi) is 2.62. The van der Waals surface area contributed by atoms with Gasteiger partial charge < -0.3 is 5.73 Å². The fraction of sp³-hybridized carbons (Fsp3) is 0.385. The smallest absolute Gasteiger partial charge is 0.0742 e. The number of hydrogen-bond acceptors (Lipinski definition) is 3. The van der Waals surface area contributed by atoms with E-state index in [2.05, 4.69) is 24.4 Å². The van der Waals surface area contributed by atoms with Crippen LogP contribution in [0.15, 0.2) is 17.5 Å². The van der Waals surface area contributed by atoms with Gasteiger partial charge in [-0.2, -0.15) is 0 Å². The van der Waals surface area contributed by atoms with Gasteiger partial charge >= 0.3 is 0 Å². The van der Waals surface area contributed by atoms with Crippen LogP contribution in [0.3, 0.4) is 0 Å². The molecule has 0 aliphatic heterocycles. The molecule has 0 bridgehead atoms. The maximum absolute atomic E-state index is 6.34. The van der Waals surface area contributed by atoms with Crippen LogP contribution in [0.4, 0.5) is 0 Å². The molecule has 16 heavy (non-hydrogen) atoms. The number of fused-ring (bicyclic) bond motifs is 1. The molecule has 0 radical (unpaired) electrons. The van der Waals surface area contributed by atoms with Crippen LogP contribution in [0.25, 0.3) is 0 Å². The molecule has 3 rings (SSSR count). The highest BCUT2D eigenvalue weighted by atomic mass is 32.1. The number of thiophene rings is 2. The molecule has 0 amide bonds. The van der Waals surface area contributed by atoms with Crippen LogP contribution in [-0.4, -0.2) is 0 Å². The Morgan fingerprint density at radius 1 is 1.38 bits per heavy atom. The Morgan fingerprint density at radius 2 is 2.25 bits per heavy atom. The van der Waals surface area contributed by atoms with E-state index in [1.807, 2.05) is 11.3 Å². The molecule has 3 heteroatoms. The van der Waals surface area contributed by atoms with Crippen molar-refractivity contribution in [3.63, 3.8) is 0 Å². The average molecular weight is 249 g/mol. The van der Waals surface area contributed by atoms with E-state index in [4.69, 9.17) is 5.73 Å². The minimum Gasteiger partial charge on any atom is -0.319 e. The monoisotopic (exact) mass is 249 g/mol. The maximum Gasteiger partial charge on any atom is 0.0742 e. The highest BCUT2D eigenvalue weighted by molar-refractivity contribution is 7.13. The summed E-state index contributed by atoms with van der Waals surface area (Å²) in [5, 5.41) is 2.13. The van der Waals surface area contributed by atoms with E-state index < -0.39 is 0 Å². The summed E-state index contributed by atoms with van der Waals surface area (Å²) in [4.78, 5) is 4.23. The Balaban J connectivity index is 1.95. The molecule has 1 aliphatic carbocycles. The lowest BCUT2D eigenvalue weighted by molar-refractivity contribution is 0.891. The molecule has 1 nitrogen and oxygen atoms in total. The lowest BCUT2D eigenvalue weighted by Gasteiger charge is -2.08. The Bertz CT molecular complexity index is 488. The van der Waals surface area contributed by atoms with Gasteiger partial charge in [-0.1, -0.05) is 0 Å². The van der Waals surface area contributed by atoms with Gasteiger partial charge in [-0.05, 0) is 54.8 Å². The quantitative estimate of drug-likeness (QED) is 0.863. The predicted molar refractivity (Wildman–Crippen MR) is 71.4 cm³/mol. The van der Waals surface area contributed by atoms with Crippen molar-refractivity contribution in [3.05, 3.63) is 43.3 Å². The third-order valence-electron chi connectivity index (χ3n) is 3.26. The van der Waals surface area contributed by atoms with Gasteiger partial charge in [0.1, 0.15) is 0 Å². The van der Waals surface area contributed by atoms with Crippen molar-refractivity contribution in [1.29, 1.82) is 0 Å². The molecular weight excluding hydrogens is 234 g/mol. The first kappa shape index (κ1) is 10.5. The largest absolute Gasteiger partial charge is 0.319 e. The Labute approximate surface area is 104 Å².